The number of carbonyl (C=O) groups excluding carboxylic acids is 1. The summed E-state index contributed by atoms with van der Waals surface area (Å²) in [5, 5.41) is 0. The summed E-state index contributed by atoms with van der Waals surface area (Å²) in [6, 6.07) is 4.32. The van der Waals surface area contributed by atoms with Crippen LogP contribution in [0.5, 0.6) is 11.5 Å². The van der Waals surface area contributed by atoms with Crippen molar-refractivity contribution in [3.63, 3.8) is 0 Å². The molecular formula is C18H18F4N2O3. The predicted molar refractivity (Wildman–Crippen MR) is 90.7 cm³/mol. The number of carbonyl (C=O) groups is 1. The highest BCUT2D eigenvalue weighted by atomic mass is 19.2. The van der Waals surface area contributed by atoms with E-state index in [-0.39, 0.29) is 23.3 Å². The normalized spacial score (nSPS) is 10.7. The minimum atomic E-state index is -1.66. The number of amides is 1. The Bertz CT molecular complexity index is 818. The second-order valence-corrected chi connectivity index (χ2v) is 5.99. The van der Waals surface area contributed by atoms with Gasteiger partial charge in [-0.2, -0.15) is 0 Å². The summed E-state index contributed by atoms with van der Waals surface area (Å²) in [7, 11) is 1.39. The number of nitrogens with one attached hydrogen (secondary N) is 2. The Hall–Kier alpha value is -2.97. The van der Waals surface area contributed by atoms with E-state index in [0.29, 0.717) is 12.4 Å². The Morgan fingerprint density at radius 2 is 1.67 bits per heavy atom. The van der Waals surface area contributed by atoms with Gasteiger partial charge in [0.25, 0.3) is 5.91 Å². The SMILES string of the molecule is COc1cc(C(=O)NNc2c(F)c(F)cc(F)c2F)ccc1OCC(C)C. The predicted octanol–water partition coefficient (Wildman–Crippen LogP) is 4.04. The van der Waals surface area contributed by atoms with Crippen LogP contribution in [-0.4, -0.2) is 19.6 Å². The molecule has 0 fully saturated rings. The van der Waals surface area contributed by atoms with E-state index >= 15 is 0 Å². The van der Waals surface area contributed by atoms with Crippen LogP contribution in [0.15, 0.2) is 24.3 Å². The summed E-state index contributed by atoms with van der Waals surface area (Å²) in [6.07, 6.45) is 0. The van der Waals surface area contributed by atoms with Crippen LogP contribution in [0.3, 0.4) is 0 Å². The number of hydrazine groups is 1. The highest BCUT2D eigenvalue weighted by Crippen LogP contribution is 2.29. The molecule has 0 aromatic heterocycles. The largest absolute Gasteiger partial charge is 0.493 e. The second kappa shape index (κ2) is 8.61. The van der Waals surface area contributed by atoms with Gasteiger partial charge in [-0.25, -0.2) is 17.6 Å². The van der Waals surface area contributed by atoms with Crippen molar-refractivity contribution >= 4 is 11.6 Å². The Balaban J connectivity index is 2.15. The molecule has 0 radical (unpaired) electrons. The number of methoxy groups -OCH3 is 1. The van der Waals surface area contributed by atoms with Crippen LogP contribution < -0.4 is 20.3 Å². The van der Waals surface area contributed by atoms with E-state index in [9.17, 15) is 22.4 Å². The molecule has 9 heteroatoms. The van der Waals surface area contributed by atoms with Gasteiger partial charge >= 0.3 is 0 Å². The maximum absolute atomic E-state index is 13.6. The topological polar surface area (TPSA) is 59.6 Å². The lowest BCUT2D eigenvalue weighted by Crippen LogP contribution is -2.30. The van der Waals surface area contributed by atoms with Crippen LogP contribution in [-0.2, 0) is 0 Å². The fourth-order valence-electron chi connectivity index (χ4n) is 2.06. The van der Waals surface area contributed by atoms with Gasteiger partial charge in [-0.1, -0.05) is 13.8 Å². The van der Waals surface area contributed by atoms with Gasteiger partial charge in [0.1, 0.15) is 5.69 Å². The van der Waals surface area contributed by atoms with Gasteiger partial charge in [0.05, 0.1) is 13.7 Å². The summed E-state index contributed by atoms with van der Waals surface area (Å²) in [5.41, 5.74) is 2.74. The molecule has 2 aromatic carbocycles. The molecule has 0 aliphatic heterocycles. The van der Waals surface area contributed by atoms with E-state index in [1.54, 1.807) is 0 Å². The first-order valence-corrected chi connectivity index (χ1v) is 7.94. The number of hydrogen-bond acceptors (Lipinski definition) is 4. The molecule has 5 nitrogen and oxygen atoms in total. The van der Waals surface area contributed by atoms with Crippen LogP contribution in [0.2, 0.25) is 0 Å². The van der Waals surface area contributed by atoms with Crippen LogP contribution >= 0.6 is 0 Å². The lowest BCUT2D eigenvalue weighted by Gasteiger charge is -2.14. The molecule has 0 aliphatic rings. The highest BCUT2D eigenvalue weighted by molar-refractivity contribution is 5.95. The number of anilines is 1. The van der Waals surface area contributed by atoms with Crippen molar-refractivity contribution in [3.8, 4) is 11.5 Å². The average molecular weight is 386 g/mol. The van der Waals surface area contributed by atoms with Gasteiger partial charge in [-0.05, 0) is 24.1 Å². The summed E-state index contributed by atoms with van der Waals surface area (Å²) < 4.78 is 64.2. The first kappa shape index (κ1) is 20.3. The zero-order valence-electron chi connectivity index (χ0n) is 14.8. The van der Waals surface area contributed by atoms with E-state index < -0.39 is 34.9 Å². The molecule has 0 aliphatic carbocycles. The van der Waals surface area contributed by atoms with Crippen molar-refractivity contribution in [2.24, 2.45) is 5.92 Å². The number of ether oxygens (including phenoxy) is 2. The molecule has 0 saturated heterocycles. The van der Waals surface area contributed by atoms with Crippen LogP contribution in [0, 0.1) is 29.2 Å². The van der Waals surface area contributed by atoms with Gasteiger partial charge in [-0.3, -0.25) is 15.6 Å². The quantitative estimate of drug-likeness (QED) is 0.428. The fourth-order valence-corrected chi connectivity index (χ4v) is 2.06. The summed E-state index contributed by atoms with van der Waals surface area (Å²) in [6.45, 7) is 4.37. The molecular weight excluding hydrogens is 368 g/mol. The molecule has 0 spiro atoms. The molecule has 0 bridgehead atoms. The van der Waals surface area contributed by atoms with E-state index in [4.69, 9.17) is 9.47 Å². The first-order valence-electron chi connectivity index (χ1n) is 7.94. The standard InChI is InChI=1S/C18H18F4N2O3/c1-9(2)8-27-13-5-4-10(6-14(13)26-3)18(25)24-23-17-15(21)11(19)7-12(20)16(17)22/h4-7,9,23H,8H2,1-3H3,(H,24,25). The third-order valence-corrected chi connectivity index (χ3v) is 3.41. The third kappa shape index (κ3) is 4.81. The van der Waals surface area contributed by atoms with Gasteiger partial charge in [-0.15, -0.1) is 0 Å². The zero-order valence-corrected chi connectivity index (χ0v) is 14.8. The zero-order chi connectivity index (χ0) is 20.1. The summed E-state index contributed by atoms with van der Waals surface area (Å²) in [5.74, 6) is -6.37. The molecule has 0 heterocycles. The molecule has 146 valence electrons. The minimum absolute atomic E-state index is 0.0638. The first-order chi connectivity index (χ1) is 12.7. The fraction of sp³-hybridized carbons (Fsp3) is 0.278. The van der Waals surface area contributed by atoms with Crippen LogP contribution in [0.4, 0.5) is 23.2 Å². The molecule has 0 atom stereocenters. The Morgan fingerprint density at radius 3 is 2.22 bits per heavy atom. The van der Waals surface area contributed by atoms with E-state index in [0.717, 1.165) is 0 Å². The number of rotatable bonds is 7. The van der Waals surface area contributed by atoms with Gasteiger partial charge < -0.3 is 9.47 Å². The highest BCUT2D eigenvalue weighted by Gasteiger charge is 2.20. The molecule has 0 saturated carbocycles. The molecule has 2 N–H and O–H groups in total. The monoisotopic (exact) mass is 386 g/mol. The van der Waals surface area contributed by atoms with Gasteiger partial charge in [0.15, 0.2) is 34.8 Å². The summed E-state index contributed by atoms with van der Waals surface area (Å²) >= 11 is 0. The molecule has 1 amide bonds. The third-order valence-electron chi connectivity index (χ3n) is 3.41. The van der Waals surface area contributed by atoms with Crippen molar-refractivity contribution in [3.05, 3.63) is 53.1 Å². The second-order valence-electron chi connectivity index (χ2n) is 5.99. The Morgan fingerprint density at radius 1 is 1.04 bits per heavy atom. The smallest absolute Gasteiger partial charge is 0.269 e. The average Bonchev–Trinajstić information content (AvgIpc) is 2.64. The lowest BCUT2D eigenvalue weighted by atomic mass is 10.2. The number of halogens is 4. The lowest BCUT2D eigenvalue weighted by molar-refractivity contribution is 0.0962. The Kier molecular flexibility index (Phi) is 6.49. The minimum Gasteiger partial charge on any atom is -0.493 e. The van der Waals surface area contributed by atoms with E-state index in [1.807, 2.05) is 24.7 Å². The van der Waals surface area contributed by atoms with Crippen molar-refractivity contribution < 1.29 is 31.8 Å². The molecule has 2 rings (SSSR count). The maximum Gasteiger partial charge on any atom is 0.269 e. The molecule has 2 aromatic rings. The van der Waals surface area contributed by atoms with Crippen molar-refractivity contribution in [1.29, 1.82) is 0 Å². The van der Waals surface area contributed by atoms with E-state index in [1.165, 1.54) is 25.3 Å². The Labute approximate surface area is 153 Å². The van der Waals surface area contributed by atoms with Crippen LogP contribution in [0.1, 0.15) is 24.2 Å². The van der Waals surface area contributed by atoms with Gasteiger partial charge in [0.2, 0.25) is 0 Å². The van der Waals surface area contributed by atoms with Crippen LogP contribution in [0.25, 0.3) is 0 Å². The molecule has 0 unspecified atom stereocenters. The number of benzene rings is 2. The van der Waals surface area contributed by atoms with Crippen molar-refractivity contribution in [2.75, 3.05) is 19.1 Å². The maximum atomic E-state index is 13.6. The van der Waals surface area contributed by atoms with Gasteiger partial charge in [0, 0.05) is 11.6 Å². The van der Waals surface area contributed by atoms with E-state index in [2.05, 4.69) is 0 Å². The van der Waals surface area contributed by atoms with Crippen molar-refractivity contribution in [2.45, 2.75) is 13.8 Å². The number of hydrogen-bond donors (Lipinski definition) is 2. The molecule has 27 heavy (non-hydrogen) atoms. The summed E-state index contributed by atoms with van der Waals surface area (Å²) in [4.78, 5) is 12.2. The van der Waals surface area contributed by atoms with Crippen molar-refractivity contribution in [1.82, 2.24) is 5.43 Å².